The van der Waals surface area contributed by atoms with Crippen molar-refractivity contribution < 1.29 is 13.6 Å². The van der Waals surface area contributed by atoms with Crippen molar-refractivity contribution in [1.82, 2.24) is 15.2 Å². The van der Waals surface area contributed by atoms with Crippen LogP contribution < -0.4 is 10.6 Å². The Hall–Kier alpha value is -3.56. The topological polar surface area (TPSA) is 70.4 Å². The SMILES string of the molecule is Cc1cccc(NC(=O)CCN2C(=S)N[C@H](c3ccccn3)[C@@H]2c2ccc(-c3ccc(F)cc3Br)o2)c1. The van der Waals surface area contributed by atoms with Gasteiger partial charge in [-0.2, -0.15) is 0 Å². The molecule has 1 aliphatic heterocycles. The van der Waals surface area contributed by atoms with Crippen molar-refractivity contribution in [2.75, 3.05) is 11.9 Å². The van der Waals surface area contributed by atoms with Gasteiger partial charge < -0.3 is 20.0 Å². The number of hydrogen-bond acceptors (Lipinski definition) is 4. The molecule has 4 aromatic rings. The summed E-state index contributed by atoms with van der Waals surface area (Å²) in [5.74, 6) is 0.812. The fraction of sp³-hybridized carbons (Fsp3) is 0.179. The minimum atomic E-state index is -0.335. The number of anilines is 1. The van der Waals surface area contributed by atoms with Gasteiger partial charge in [-0.3, -0.25) is 9.78 Å². The zero-order chi connectivity index (χ0) is 25.9. The number of thiocarbonyl (C=S) groups is 1. The third-order valence-corrected chi connectivity index (χ3v) is 7.20. The van der Waals surface area contributed by atoms with Crippen molar-refractivity contribution in [2.24, 2.45) is 0 Å². The van der Waals surface area contributed by atoms with E-state index in [1.807, 2.05) is 66.4 Å². The highest BCUT2D eigenvalue weighted by Gasteiger charge is 2.41. The van der Waals surface area contributed by atoms with Crippen LogP contribution in [0.25, 0.3) is 11.3 Å². The summed E-state index contributed by atoms with van der Waals surface area (Å²) in [5.41, 5.74) is 3.38. The lowest BCUT2D eigenvalue weighted by Crippen LogP contribution is -2.32. The molecule has 9 heteroatoms. The third-order valence-electron chi connectivity index (χ3n) is 6.19. The van der Waals surface area contributed by atoms with Gasteiger partial charge >= 0.3 is 0 Å². The number of hydrogen-bond donors (Lipinski definition) is 2. The Kier molecular flexibility index (Phi) is 7.34. The normalized spacial score (nSPS) is 17.1. The molecule has 0 saturated carbocycles. The molecule has 0 unspecified atom stereocenters. The Morgan fingerprint density at radius 3 is 2.78 bits per heavy atom. The van der Waals surface area contributed by atoms with E-state index in [1.165, 1.54) is 12.1 Å². The van der Waals surface area contributed by atoms with Crippen LogP contribution in [-0.4, -0.2) is 27.4 Å². The van der Waals surface area contributed by atoms with Gasteiger partial charge in [0.1, 0.15) is 23.4 Å². The van der Waals surface area contributed by atoms with E-state index in [9.17, 15) is 9.18 Å². The second kappa shape index (κ2) is 10.8. The summed E-state index contributed by atoms with van der Waals surface area (Å²) in [6.45, 7) is 2.36. The molecule has 1 saturated heterocycles. The minimum absolute atomic E-state index is 0.108. The van der Waals surface area contributed by atoms with Gasteiger partial charge in [-0.25, -0.2) is 4.39 Å². The first kappa shape index (κ1) is 25.1. The second-order valence-corrected chi connectivity index (χ2v) is 10.1. The van der Waals surface area contributed by atoms with Crippen LogP contribution in [0.15, 0.2) is 87.9 Å². The molecule has 2 aromatic heterocycles. The van der Waals surface area contributed by atoms with Crippen molar-refractivity contribution in [3.05, 3.63) is 106 Å². The van der Waals surface area contributed by atoms with E-state index < -0.39 is 0 Å². The number of aromatic nitrogens is 1. The quantitative estimate of drug-likeness (QED) is 0.242. The van der Waals surface area contributed by atoms with E-state index in [0.717, 1.165) is 22.5 Å². The average Bonchev–Trinajstić information content (AvgIpc) is 3.47. The molecule has 3 heterocycles. The summed E-state index contributed by atoms with van der Waals surface area (Å²) >= 11 is 9.11. The van der Waals surface area contributed by atoms with Crippen LogP contribution in [0.2, 0.25) is 0 Å². The molecule has 2 N–H and O–H groups in total. The van der Waals surface area contributed by atoms with Crippen LogP contribution in [0, 0.1) is 12.7 Å². The van der Waals surface area contributed by atoms with Gasteiger partial charge in [-0.15, -0.1) is 0 Å². The van der Waals surface area contributed by atoms with E-state index >= 15 is 0 Å². The fourth-order valence-corrected chi connectivity index (χ4v) is 5.35. The Bertz CT molecular complexity index is 1450. The average molecular weight is 579 g/mol. The van der Waals surface area contributed by atoms with Crippen LogP contribution in [0.4, 0.5) is 10.1 Å². The van der Waals surface area contributed by atoms with Crippen molar-refractivity contribution in [3.63, 3.8) is 0 Å². The molecule has 5 rings (SSSR count). The van der Waals surface area contributed by atoms with E-state index in [1.54, 1.807) is 12.3 Å². The van der Waals surface area contributed by atoms with Crippen molar-refractivity contribution in [1.29, 1.82) is 0 Å². The zero-order valence-electron chi connectivity index (χ0n) is 19.9. The summed E-state index contributed by atoms with van der Waals surface area (Å²) in [4.78, 5) is 19.3. The molecule has 188 valence electrons. The van der Waals surface area contributed by atoms with Crippen molar-refractivity contribution >= 4 is 44.9 Å². The highest BCUT2D eigenvalue weighted by atomic mass is 79.9. The molecule has 0 bridgehead atoms. The largest absolute Gasteiger partial charge is 0.459 e. The molecule has 0 radical (unpaired) electrons. The number of furan rings is 1. The van der Waals surface area contributed by atoms with Gasteiger partial charge in [0, 0.05) is 34.9 Å². The Morgan fingerprint density at radius 1 is 1.16 bits per heavy atom. The number of amides is 1. The van der Waals surface area contributed by atoms with Crippen LogP contribution in [-0.2, 0) is 4.79 Å². The zero-order valence-corrected chi connectivity index (χ0v) is 22.4. The number of carbonyl (C=O) groups excluding carboxylic acids is 1. The molecule has 37 heavy (non-hydrogen) atoms. The first-order valence-electron chi connectivity index (χ1n) is 11.8. The van der Waals surface area contributed by atoms with Gasteiger partial charge in [0.2, 0.25) is 5.91 Å². The van der Waals surface area contributed by atoms with E-state index in [0.29, 0.717) is 27.7 Å². The molecular weight excluding hydrogens is 555 g/mol. The maximum Gasteiger partial charge on any atom is 0.226 e. The van der Waals surface area contributed by atoms with Gasteiger partial charge in [0.15, 0.2) is 5.11 Å². The number of halogens is 2. The smallest absolute Gasteiger partial charge is 0.226 e. The van der Waals surface area contributed by atoms with E-state index in [4.69, 9.17) is 16.6 Å². The van der Waals surface area contributed by atoms with Crippen LogP contribution in [0.1, 0.15) is 35.5 Å². The molecule has 1 aliphatic rings. The Labute approximate surface area is 228 Å². The lowest BCUT2D eigenvalue weighted by molar-refractivity contribution is -0.116. The number of aryl methyl sites for hydroxylation is 1. The van der Waals surface area contributed by atoms with E-state index in [-0.39, 0.29) is 30.2 Å². The Balaban J connectivity index is 1.41. The van der Waals surface area contributed by atoms with Crippen molar-refractivity contribution in [3.8, 4) is 11.3 Å². The summed E-state index contributed by atoms with van der Waals surface area (Å²) in [7, 11) is 0. The first-order chi connectivity index (χ1) is 17.9. The number of rotatable bonds is 7. The first-order valence-corrected chi connectivity index (χ1v) is 13.0. The number of nitrogens with zero attached hydrogens (tertiary/aromatic N) is 2. The summed E-state index contributed by atoms with van der Waals surface area (Å²) in [5, 5.41) is 6.83. The highest BCUT2D eigenvalue weighted by molar-refractivity contribution is 9.10. The van der Waals surface area contributed by atoms with Gasteiger partial charge in [-0.1, -0.05) is 18.2 Å². The van der Waals surface area contributed by atoms with Crippen LogP contribution in [0.3, 0.4) is 0 Å². The molecule has 6 nitrogen and oxygen atoms in total. The van der Waals surface area contributed by atoms with Crippen LogP contribution in [0.5, 0.6) is 0 Å². The second-order valence-electron chi connectivity index (χ2n) is 8.81. The molecule has 2 atom stereocenters. The maximum absolute atomic E-state index is 13.6. The fourth-order valence-electron chi connectivity index (χ4n) is 4.47. The molecular formula is C28H24BrFN4O2S. The summed E-state index contributed by atoms with van der Waals surface area (Å²) < 4.78 is 20.5. The van der Waals surface area contributed by atoms with Crippen LogP contribution >= 0.6 is 28.1 Å². The van der Waals surface area contributed by atoms with Crippen molar-refractivity contribution in [2.45, 2.75) is 25.4 Å². The van der Waals surface area contributed by atoms with E-state index in [2.05, 4.69) is 31.5 Å². The molecule has 0 spiro atoms. The summed E-state index contributed by atoms with van der Waals surface area (Å²) in [6.07, 6.45) is 1.97. The molecule has 1 amide bonds. The minimum Gasteiger partial charge on any atom is -0.459 e. The maximum atomic E-state index is 13.6. The lowest BCUT2D eigenvalue weighted by Gasteiger charge is -2.25. The monoisotopic (exact) mass is 578 g/mol. The van der Waals surface area contributed by atoms with Gasteiger partial charge in [0.25, 0.3) is 0 Å². The summed E-state index contributed by atoms with van der Waals surface area (Å²) in [6, 6.07) is 21.0. The predicted molar refractivity (Wildman–Crippen MR) is 148 cm³/mol. The molecule has 0 aliphatic carbocycles. The molecule has 1 fully saturated rings. The number of nitrogens with one attached hydrogen (secondary N) is 2. The lowest BCUT2D eigenvalue weighted by atomic mass is 10.0. The highest BCUT2D eigenvalue weighted by Crippen LogP contribution is 2.41. The standard InChI is InChI=1S/C28H24BrFN4O2S/c1-17-5-4-6-19(15-17)32-25(35)12-14-34-27(26(33-28(34)37)22-7-2-3-13-31-22)24-11-10-23(36-24)20-9-8-18(30)16-21(20)29/h2-11,13,15-16,26-27H,12,14H2,1H3,(H,32,35)(H,33,37)/t26-,27+/m1/s1. The number of pyridine rings is 1. The Morgan fingerprint density at radius 2 is 2.03 bits per heavy atom. The van der Waals surface area contributed by atoms with Gasteiger partial charge in [-0.05, 0) is 95.2 Å². The third kappa shape index (κ3) is 5.57. The van der Waals surface area contributed by atoms with Gasteiger partial charge in [0.05, 0.1) is 11.7 Å². The predicted octanol–water partition coefficient (Wildman–Crippen LogP) is 6.55. The number of carbonyl (C=O) groups is 1. The number of benzene rings is 2. The molecule has 2 aromatic carbocycles.